The van der Waals surface area contributed by atoms with Crippen LogP contribution in [0.4, 0.5) is 4.39 Å². The molecule has 138 valence electrons. The third kappa shape index (κ3) is 6.43. The van der Waals surface area contributed by atoms with Gasteiger partial charge in [-0.15, -0.1) is 0 Å². The molecule has 0 unspecified atom stereocenters. The number of hydrogen-bond donors (Lipinski definition) is 2. The Labute approximate surface area is 148 Å². The van der Waals surface area contributed by atoms with Crippen molar-refractivity contribution < 1.29 is 14.0 Å². The van der Waals surface area contributed by atoms with Gasteiger partial charge in [0.1, 0.15) is 5.82 Å². The summed E-state index contributed by atoms with van der Waals surface area (Å²) in [5.74, 6) is -0.578. The predicted octanol–water partition coefficient (Wildman–Crippen LogP) is 0.584. The largest absolute Gasteiger partial charge is 0.356 e. The Bertz CT molecular complexity index is 594. The maximum atomic E-state index is 13.4. The van der Waals surface area contributed by atoms with Gasteiger partial charge in [-0.1, -0.05) is 12.1 Å². The van der Waals surface area contributed by atoms with Gasteiger partial charge in [0, 0.05) is 26.2 Å². The number of piperazine rings is 1. The van der Waals surface area contributed by atoms with Crippen molar-refractivity contribution in [1.29, 1.82) is 0 Å². The van der Waals surface area contributed by atoms with Crippen molar-refractivity contribution in [2.24, 2.45) is 0 Å². The van der Waals surface area contributed by atoms with Crippen LogP contribution in [-0.2, 0) is 16.1 Å². The Kier molecular flexibility index (Phi) is 7.33. The fourth-order valence-electron chi connectivity index (χ4n) is 2.91. The first-order valence-electron chi connectivity index (χ1n) is 8.63. The van der Waals surface area contributed by atoms with Crippen LogP contribution in [0.25, 0.3) is 0 Å². The number of nitrogens with zero attached hydrogens (tertiary/aromatic N) is 2. The monoisotopic (exact) mass is 350 g/mol. The predicted molar refractivity (Wildman–Crippen MR) is 94.4 cm³/mol. The van der Waals surface area contributed by atoms with E-state index in [0.29, 0.717) is 26.2 Å². The highest BCUT2D eigenvalue weighted by Crippen LogP contribution is 2.14. The Hall–Kier alpha value is -1.99. The molecule has 1 aliphatic heterocycles. The molecule has 0 spiro atoms. The van der Waals surface area contributed by atoms with E-state index >= 15 is 0 Å². The minimum atomic E-state index is -0.522. The van der Waals surface area contributed by atoms with E-state index in [-0.39, 0.29) is 24.1 Å². The molecule has 25 heavy (non-hydrogen) atoms. The van der Waals surface area contributed by atoms with Crippen LogP contribution in [0.1, 0.15) is 18.4 Å². The summed E-state index contributed by atoms with van der Waals surface area (Å²) in [6.07, 6.45) is 0.978. The van der Waals surface area contributed by atoms with Gasteiger partial charge in [-0.2, -0.15) is 0 Å². The molecule has 2 N–H and O–H groups in total. The van der Waals surface area contributed by atoms with Gasteiger partial charge in [0.05, 0.1) is 12.5 Å². The lowest BCUT2D eigenvalue weighted by molar-refractivity contribution is -0.134. The Morgan fingerprint density at radius 3 is 2.96 bits per heavy atom. The van der Waals surface area contributed by atoms with E-state index in [4.69, 9.17) is 0 Å². The standard InChI is InChI=1S/C18H27FN4O2/c1-22(2)9-4-7-20-17(24)12-16-18(25)21-8-10-23(16)13-14-5-3-6-15(19)11-14/h3,5-6,11,16H,4,7-10,12-13H2,1-2H3,(H,20,24)(H,21,25)/t16-/m1/s1. The lowest BCUT2D eigenvalue weighted by Gasteiger charge is -2.34. The second-order valence-electron chi connectivity index (χ2n) is 6.62. The zero-order valence-corrected chi connectivity index (χ0v) is 14.9. The van der Waals surface area contributed by atoms with Gasteiger partial charge in [-0.05, 0) is 44.8 Å². The molecule has 0 saturated carbocycles. The van der Waals surface area contributed by atoms with Crippen LogP contribution in [0.3, 0.4) is 0 Å². The van der Waals surface area contributed by atoms with E-state index in [0.717, 1.165) is 18.5 Å². The van der Waals surface area contributed by atoms with Crippen molar-refractivity contribution in [3.63, 3.8) is 0 Å². The fourth-order valence-corrected chi connectivity index (χ4v) is 2.91. The minimum Gasteiger partial charge on any atom is -0.356 e. The highest BCUT2D eigenvalue weighted by Gasteiger charge is 2.31. The summed E-state index contributed by atoms with van der Waals surface area (Å²) in [4.78, 5) is 28.4. The lowest BCUT2D eigenvalue weighted by atomic mass is 10.1. The Morgan fingerprint density at radius 1 is 1.44 bits per heavy atom. The SMILES string of the molecule is CN(C)CCCNC(=O)C[C@@H]1C(=O)NCCN1Cc1cccc(F)c1. The normalized spacial score (nSPS) is 18.2. The molecule has 1 aliphatic rings. The van der Waals surface area contributed by atoms with Crippen LogP contribution >= 0.6 is 0 Å². The molecule has 1 aromatic rings. The van der Waals surface area contributed by atoms with Crippen molar-refractivity contribution in [1.82, 2.24) is 20.4 Å². The fraction of sp³-hybridized carbons (Fsp3) is 0.556. The van der Waals surface area contributed by atoms with Crippen molar-refractivity contribution in [2.45, 2.75) is 25.4 Å². The molecular weight excluding hydrogens is 323 g/mol. The quantitative estimate of drug-likeness (QED) is 0.674. The first-order chi connectivity index (χ1) is 12.0. The molecular formula is C18H27FN4O2. The van der Waals surface area contributed by atoms with Gasteiger partial charge >= 0.3 is 0 Å². The number of halogens is 1. The zero-order valence-electron chi connectivity index (χ0n) is 14.9. The van der Waals surface area contributed by atoms with Gasteiger partial charge in [0.25, 0.3) is 0 Å². The molecule has 1 saturated heterocycles. The van der Waals surface area contributed by atoms with E-state index in [1.165, 1.54) is 12.1 Å². The van der Waals surface area contributed by atoms with E-state index < -0.39 is 6.04 Å². The van der Waals surface area contributed by atoms with Crippen molar-refractivity contribution >= 4 is 11.8 Å². The van der Waals surface area contributed by atoms with Crippen LogP contribution < -0.4 is 10.6 Å². The molecule has 0 radical (unpaired) electrons. The van der Waals surface area contributed by atoms with Crippen molar-refractivity contribution in [2.75, 3.05) is 40.3 Å². The molecule has 0 bridgehead atoms. The molecule has 1 fully saturated rings. The summed E-state index contributed by atoms with van der Waals surface area (Å²) in [5.41, 5.74) is 0.797. The van der Waals surface area contributed by atoms with Crippen LogP contribution in [-0.4, -0.2) is 67.9 Å². The third-order valence-corrected chi connectivity index (χ3v) is 4.20. The average Bonchev–Trinajstić information content (AvgIpc) is 2.55. The molecule has 1 heterocycles. The summed E-state index contributed by atoms with van der Waals surface area (Å²) in [7, 11) is 3.97. The number of carbonyl (C=O) groups is 2. The topological polar surface area (TPSA) is 64.7 Å². The van der Waals surface area contributed by atoms with Gasteiger partial charge in [-0.3, -0.25) is 14.5 Å². The lowest BCUT2D eigenvalue weighted by Crippen LogP contribution is -2.56. The Morgan fingerprint density at radius 2 is 2.24 bits per heavy atom. The average molecular weight is 350 g/mol. The van der Waals surface area contributed by atoms with E-state index in [9.17, 15) is 14.0 Å². The third-order valence-electron chi connectivity index (χ3n) is 4.20. The maximum absolute atomic E-state index is 13.4. The van der Waals surface area contributed by atoms with Crippen LogP contribution in [0.2, 0.25) is 0 Å². The van der Waals surface area contributed by atoms with Crippen LogP contribution in [0.15, 0.2) is 24.3 Å². The molecule has 1 aromatic carbocycles. The number of benzene rings is 1. The summed E-state index contributed by atoms with van der Waals surface area (Å²) in [6, 6.07) is 5.82. The highest BCUT2D eigenvalue weighted by molar-refractivity contribution is 5.88. The van der Waals surface area contributed by atoms with Gasteiger partial charge in [-0.25, -0.2) is 4.39 Å². The number of carbonyl (C=O) groups excluding carboxylic acids is 2. The van der Waals surface area contributed by atoms with Gasteiger partial charge in [0.2, 0.25) is 11.8 Å². The number of amides is 2. The molecule has 0 aliphatic carbocycles. The summed E-state index contributed by atoms with van der Waals surface area (Å²) < 4.78 is 13.4. The molecule has 2 amide bonds. The van der Waals surface area contributed by atoms with Crippen LogP contribution in [0, 0.1) is 5.82 Å². The summed E-state index contributed by atoms with van der Waals surface area (Å²) in [5, 5.41) is 5.67. The minimum absolute atomic E-state index is 0.114. The smallest absolute Gasteiger partial charge is 0.237 e. The van der Waals surface area contributed by atoms with Gasteiger partial charge < -0.3 is 15.5 Å². The van der Waals surface area contributed by atoms with E-state index in [1.807, 2.05) is 25.1 Å². The Balaban J connectivity index is 1.90. The second kappa shape index (κ2) is 9.48. The van der Waals surface area contributed by atoms with E-state index in [2.05, 4.69) is 15.5 Å². The first kappa shape index (κ1) is 19.3. The number of hydrogen-bond acceptors (Lipinski definition) is 4. The molecule has 2 rings (SSSR count). The van der Waals surface area contributed by atoms with Gasteiger partial charge in [0.15, 0.2) is 0 Å². The van der Waals surface area contributed by atoms with Crippen LogP contribution in [0.5, 0.6) is 0 Å². The highest BCUT2D eigenvalue weighted by atomic mass is 19.1. The summed E-state index contributed by atoms with van der Waals surface area (Å²) in [6.45, 7) is 3.12. The molecule has 1 atom stereocenters. The molecule has 0 aromatic heterocycles. The first-order valence-corrected chi connectivity index (χ1v) is 8.63. The zero-order chi connectivity index (χ0) is 18.2. The molecule has 7 heteroatoms. The van der Waals surface area contributed by atoms with Crippen molar-refractivity contribution in [3.05, 3.63) is 35.6 Å². The molecule has 6 nitrogen and oxygen atoms in total. The van der Waals surface area contributed by atoms with E-state index in [1.54, 1.807) is 6.07 Å². The second-order valence-corrected chi connectivity index (χ2v) is 6.62. The number of rotatable bonds is 8. The summed E-state index contributed by atoms with van der Waals surface area (Å²) >= 11 is 0. The maximum Gasteiger partial charge on any atom is 0.237 e. The van der Waals surface area contributed by atoms with Crippen molar-refractivity contribution in [3.8, 4) is 0 Å². The number of nitrogens with one attached hydrogen (secondary N) is 2.